The average molecular weight is 209 g/mol. The molecule has 0 amide bonds. The lowest BCUT2D eigenvalue weighted by Crippen LogP contribution is -2.05. The summed E-state index contributed by atoms with van der Waals surface area (Å²) in [4.78, 5) is 1.31. The van der Waals surface area contributed by atoms with Gasteiger partial charge < -0.3 is 0 Å². The second-order valence-corrected chi connectivity index (χ2v) is 4.96. The van der Waals surface area contributed by atoms with E-state index >= 15 is 0 Å². The van der Waals surface area contributed by atoms with Gasteiger partial charge in [-0.2, -0.15) is 0 Å². The van der Waals surface area contributed by atoms with Crippen LogP contribution >= 0.6 is 11.9 Å². The fourth-order valence-electron chi connectivity index (χ4n) is 1.63. The van der Waals surface area contributed by atoms with Gasteiger partial charge in [0.25, 0.3) is 0 Å². The van der Waals surface area contributed by atoms with Gasteiger partial charge in [0.15, 0.2) is 0 Å². The van der Waals surface area contributed by atoms with Crippen molar-refractivity contribution in [2.45, 2.75) is 26.7 Å². The first kappa shape index (κ1) is 11.6. The van der Waals surface area contributed by atoms with Crippen molar-refractivity contribution in [3.05, 3.63) is 34.8 Å². The Morgan fingerprint density at radius 3 is 2.93 bits per heavy atom. The Kier molecular flexibility index (Phi) is 4.49. The SMILES string of the molecule is C=CC1=C(/C=C(\C)CCC)CN(C)S1. The molecular weight excluding hydrogens is 190 g/mol. The van der Waals surface area contributed by atoms with Crippen LogP contribution in [-0.4, -0.2) is 17.9 Å². The Bertz CT molecular complexity index is 276. The molecule has 0 aliphatic carbocycles. The fraction of sp³-hybridized carbons (Fsp3) is 0.500. The van der Waals surface area contributed by atoms with Crippen LogP contribution in [0.5, 0.6) is 0 Å². The van der Waals surface area contributed by atoms with E-state index in [9.17, 15) is 0 Å². The maximum absolute atomic E-state index is 3.85. The summed E-state index contributed by atoms with van der Waals surface area (Å²) in [5.74, 6) is 0. The van der Waals surface area contributed by atoms with Gasteiger partial charge in [0.2, 0.25) is 0 Å². The minimum Gasteiger partial charge on any atom is -0.245 e. The zero-order valence-electron chi connectivity index (χ0n) is 9.34. The van der Waals surface area contributed by atoms with Crippen LogP contribution in [0.25, 0.3) is 0 Å². The molecule has 0 saturated carbocycles. The van der Waals surface area contributed by atoms with Crippen molar-refractivity contribution in [3.63, 3.8) is 0 Å². The van der Waals surface area contributed by atoms with Crippen LogP contribution in [0.4, 0.5) is 0 Å². The first-order valence-corrected chi connectivity index (χ1v) is 5.86. The number of nitrogens with zero attached hydrogens (tertiary/aromatic N) is 1. The van der Waals surface area contributed by atoms with Crippen molar-refractivity contribution in [3.8, 4) is 0 Å². The van der Waals surface area contributed by atoms with Gasteiger partial charge in [-0.3, -0.25) is 0 Å². The van der Waals surface area contributed by atoms with E-state index in [0.717, 1.165) is 6.54 Å². The minimum atomic E-state index is 1.03. The van der Waals surface area contributed by atoms with Crippen LogP contribution in [0, 0.1) is 0 Å². The summed E-state index contributed by atoms with van der Waals surface area (Å²) in [7, 11) is 2.12. The van der Waals surface area contributed by atoms with Gasteiger partial charge >= 0.3 is 0 Å². The lowest BCUT2D eigenvalue weighted by Gasteiger charge is -2.04. The van der Waals surface area contributed by atoms with Gasteiger partial charge in [-0.25, -0.2) is 4.31 Å². The molecule has 1 rings (SSSR count). The first-order chi connectivity index (χ1) is 6.67. The number of allylic oxidation sites excluding steroid dienone is 2. The third kappa shape index (κ3) is 3.03. The molecule has 0 aromatic rings. The molecule has 1 aliphatic heterocycles. The lowest BCUT2D eigenvalue weighted by atomic mass is 10.1. The molecule has 0 aromatic carbocycles. The number of hydrogen-bond donors (Lipinski definition) is 0. The number of rotatable bonds is 4. The molecule has 0 radical (unpaired) electrons. The highest BCUT2D eigenvalue weighted by Crippen LogP contribution is 2.33. The van der Waals surface area contributed by atoms with Gasteiger partial charge in [0.1, 0.15) is 0 Å². The molecule has 0 aromatic heterocycles. The number of likely N-dealkylation sites (N-methyl/N-ethyl adjacent to an activating group) is 1. The van der Waals surface area contributed by atoms with E-state index in [4.69, 9.17) is 0 Å². The minimum absolute atomic E-state index is 1.03. The predicted molar refractivity (Wildman–Crippen MR) is 66.1 cm³/mol. The van der Waals surface area contributed by atoms with Crippen LogP contribution < -0.4 is 0 Å². The van der Waals surface area contributed by atoms with Crippen LogP contribution in [0.3, 0.4) is 0 Å². The van der Waals surface area contributed by atoms with Crippen molar-refractivity contribution >= 4 is 11.9 Å². The molecule has 2 heteroatoms. The Labute approximate surface area is 91.7 Å². The summed E-state index contributed by atoms with van der Waals surface area (Å²) in [6.45, 7) is 9.31. The van der Waals surface area contributed by atoms with Crippen molar-refractivity contribution in [1.29, 1.82) is 0 Å². The zero-order valence-corrected chi connectivity index (χ0v) is 10.2. The molecular formula is C12H19NS. The van der Waals surface area contributed by atoms with Crippen molar-refractivity contribution in [2.75, 3.05) is 13.6 Å². The largest absolute Gasteiger partial charge is 0.245 e. The maximum atomic E-state index is 3.85. The lowest BCUT2D eigenvalue weighted by molar-refractivity contribution is 0.639. The van der Waals surface area contributed by atoms with E-state index in [1.165, 1.54) is 28.9 Å². The van der Waals surface area contributed by atoms with Gasteiger partial charge in [0, 0.05) is 11.4 Å². The molecule has 78 valence electrons. The van der Waals surface area contributed by atoms with Gasteiger partial charge in [-0.15, -0.1) is 0 Å². The molecule has 0 saturated heterocycles. The van der Waals surface area contributed by atoms with E-state index < -0.39 is 0 Å². The summed E-state index contributed by atoms with van der Waals surface area (Å²) in [6, 6.07) is 0. The maximum Gasteiger partial charge on any atom is 0.0352 e. The van der Waals surface area contributed by atoms with Crippen LogP contribution in [0.15, 0.2) is 34.8 Å². The van der Waals surface area contributed by atoms with Gasteiger partial charge in [-0.05, 0) is 37.9 Å². The zero-order chi connectivity index (χ0) is 10.6. The van der Waals surface area contributed by atoms with Crippen molar-refractivity contribution in [1.82, 2.24) is 4.31 Å². The van der Waals surface area contributed by atoms with E-state index in [1.807, 2.05) is 6.08 Å². The Balaban J connectivity index is 2.75. The topological polar surface area (TPSA) is 3.24 Å². The smallest absolute Gasteiger partial charge is 0.0352 e. The molecule has 0 bridgehead atoms. The van der Waals surface area contributed by atoms with Crippen LogP contribution in [0.2, 0.25) is 0 Å². The quantitative estimate of drug-likeness (QED) is 0.648. The normalized spacial score (nSPS) is 19.2. The second kappa shape index (κ2) is 5.42. The molecule has 0 atom stereocenters. The molecule has 1 heterocycles. The highest BCUT2D eigenvalue weighted by Gasteiger charge is 2.15. The summed E-state index contributed by atoms with van der Waals surface area (Å²) in [5.41, 5.74) is 2.89. The fourth-order valence-corrected chi connectivity index (χ4v) is 2.48. The monoisotopic (exact) mass is 209 g/mol. The second-order valence-electron chi connectivity index (χ2n) is 3.71. The third-order valence-corrected chi connectivity index (χ3v) is 3.28. The molecule has 0 N–H and O–H groups in total. The van der Waals surface area contributed by atoms with E-state index in [2.05, 4.69) is 37.9 Å². The standard InChI is InChI=1S/C12H19NS/c1-5-7-10(3)8-11-9-13(4)14-12(11)6-2/h6,8H,2,5,7,9H2,1,3-4H3/b10-8+. The Hall–Kier alpha value is -0.470. The molecule has 0 fully saturated rings. The third-order valence-electron chi connectivity index (χ3n) is 2.21. The predicted octanol–water partition coefficient (Wildman–Crippen LogP) is 3.77. The summed E-state index contributed by atoms with van der Waals surface area (Å²) < 4.78 is 2.24. The first-order valence-electron chi connectivity index (χ1n) is 5.09. The highest BCUT2D eigenvalue weighted by molar-refractivity contribution is 8.01. The molecule has 1 aliphatic rings. The summed E-state index contributed by atoms with van der Waals surface area (Å²) in [6.07, 6.45) is 6.70. The Morgan fingerprint density at radius 1 is 1.64 bits per heavy atom. The van der Waals surface area contributed by atoms with E-state index in [1.54, 1.807) is 11.9 Å². The van der Waals surface area contributed by atoms with E-state index in [-0.39, 0.29) is 0 Å². The highest BCUT2D eigenvalue weighted by atomic mass is 32.2. The van der Waals surface area contributed by atoms with Gasteiger partial charge in [0.05, 0.1) is 0 Å². The average Bonchev–Trinajstić information content (AvgIpc) is 2.46. The Morgan fingerprint density at radius 2 is 2.36 bits per heavy atom. The number of hydrogen-bond acceptors (Lipinski definition) is 2. The van der Waals surface area contributed by atoms with Crippen molar-refractivity contribution in [2.24, 2.45) is 0 Å². The molecule has 0 unspecified atom stereocenters. The van der Waals surface area contributed by atoms with E-state index in [0.29, 0.717) is 0 Å². The molecule has 1 nitrogen and oxygen atoms in total. The summed E-state index contributed by atoms with van der Waals surface area (Å²) >= 11 is 1.78. The molecule has 0 spiro atoms. The summed E-state index contributed by atoms with van der Waals surface area (Å²) in [5, 5.41) is 0. The van der Waals surface area contributed by atoms with Crippen LogP contribution in [0.1, 0.15) is 26.7 Å². The molecule has 14 heavy (non-hydrogen) atoms. The van der Waals surface area contributed by atoms with Crippen molar-refractivity contribution < 1.29 is 0 Å². The van der Waals surface area contributed by atoms with Gasteiger partial charge in [-0.1, -0.05) is 37.6 Å². The van der Waals surface area contributed by atoms with Crippen LogP contribution in [-0.2, 0) is 0 Å².